The van der Waals surface area contributed by atoms with E-state index in [-0.39, 0.29) is 19.1 Å². The first-order chi connectivity index (χ1) is 33.0. The van der Waals surface area contributed by atoms with Crippen LogP contribution in [0.5, 0.6) is 0 Å². The largest absolute Gasteiger partial charge is 0.756 e. The molecule has 0 saturated carbocycles. The monoisotopic (exact) mass is 985 g/mol. The SMILES string of the molecule is CCCCCCCCCCCCCCCCCCCCCCCCCCCCCC(O)C(COP(=O)([O-])OCC[N+](C)(C)C)NC(=O)CCCCCCCCCCCCCCCCCCCCC. The second kappa shape index (κ2) is 51.4. The molecule has 3 unspecified atom stereocenters. The molecule has 0 bridgehead atoms. The molecule has 3 atom stereocenters. The molecular weight excluding hydrogens is 864 g/mol. The lowest BCUT2D eigenvalue weighted by Crippen LogP contribution is -2.46. The quantitative estimate of drug-likeness (QED) is 0.0357. The molecule has 0 aliphatic rings. The number of phosphoric ester groups is 1. The van der Waals surface area contributed by atoms with Crippen molar-refractivity contribution in [3.05, 3.63) is 0 Å². The van der Waals surface area contributed by atoms with Gasteiger partial charge in [0.05, 0.1) is 39.9 Å². The number of unbranched alkanes of at least 4 members (excludes halogenated alkanes) is 44. The van der Waals surface area contributed by atoms with Gasteiger partial charge in [0.25, 0.3) is 7.82 Å². The summed E-state index contributed by atoms with van der Waals surface area (Å²) in [4.78, 5) is 25.5. The Labute approximate surface area is 425 Å². The lowest BCUT2D eigenvalue weighted by Gasteiger charge is -2.30. The summed E-state index contributed by atoms with van der Waals surface area (Å²) >= 11 is 0. The maximum Gasteiger partial charge on any atom is 0.268 e. The number of aliphatic hydroxyl groups is 1. The van der Waals surface area contributed by atoms with E-state index >= 15 is 0 Å². The minimum atomic E-state index is -4.57. The second-order valence-corrected chi connectivity index (χ2v) is 23.8. The van der Waals surface area contributed by atoms with Crippen molar-refractivity contribution in [2.45, 2.75) is 334 Å². The Morgan fingerprint density at radius 3 is 1.00 bits per heavy atom. The maximum absolute atomic E-state index is 13.0. The molecule has 0 aliphatic heterocycles. The van der Waals surface area contributed by atoms with E-state index in [0.29, 0.717) is 23.9 Å². The molecule has 0 spiro atoms. The summed E-state index contributed by atoms with van der Waals surface area (Å²) in [5, 5.41) is 14.1. The van der Waals surface area contributed by atoms with Crippen molar-refractivity contribution in [1.29, 1.82) is 0 Å². The molecule has 8 nitrogen and oxygen atoms in total. The number of hydrogen-bond donors (Lipinski definition) is 2. The van der Waals surface area contributed by atoms with Crippen LogP contribution in [0.2, 0.25) is 0 Å². The van der Waals surface area contributed by atoms with E-state index in [1.807, 2.05) is 21.1 Å². The summed E-state index contributed by atoms with van der Waals surface area (Å²) in [5.74, 6) is -0.156. The van der Waals surface area contributed by atoms with Gasteiger partial charge in [0, 0.05) is 6.42 Å². The highest BCUT2D eigenvalue weighted by Gasteiger charge is 2.24. The molecule has 9 heteroatoms. The highest BCUT2D eigenvalue weighted by Crippen LogP contribution is 2.38. The molecule has 408 valence electrons. The lowest BCUT2D eigenvalue weighted by molar-refractivity contribution is -0.870. The number of amides is 1. The molecule has 0 fully saturated rings. The number of aliphatic hydroxyl groups excluding tert-OH is 1. The van der Waals surface area contributed by atoms with Crippen molar-refractivity contribution in [3.8, 4) is 0 Å². The van der Waals surface area contributed by atoms with Gasteiger partial charge in [0.15, 0.2) is 0 Å². The summed E-state index contributed by atoms with van der Waals surface area (Å²) in [6.45, 7) is 4.78. The highest BCUT2D eigenvalue weighted by atomic mass is 31.2. The van der Waals surface area contributed by atoms with Gasteiger partial charge in [-0.3, -0.25) is 9.36 Å². The number of phosphoric acid groups is 1. The number of likely N-dealkylation sites (N-methyl/N-ethyl adjacent to an activating group) is 1. The molecule has 1 amide bonds. The van der Waals surface area contributed by atoms with E-state index in [4.69, 9.17) is 9.05 Å². The van der Waals surface area contributed by atoms with Crippen molar-refractivity contribution < 1.29 is 32.9 Å². The van der Waals surface area contributed by atoms with Crippen LogP contribution < -0.4 is 10.2 Å². The van der Waals surface area contributed by atoms with E-state index in [1.165, 1.54) is 257 Å². The third kappa shape index (κ3) is 53.3. The minimum Gasteiger partial charge on any atom is -0.756 e. The zero-order valence-electron chi connectivity index (χ0n) is 46.6. The number of rotatable bonds is 57. The predicted molar refractivity (Wildman–Crippen MR) is 293 cm³/mol. The summed E-state index contributed by atoms with van der Waals surface area (Å²) in [6, 6.07) is -0.795. The van der Waals surface area contributed by atoms with Gasteiger partial charge in [-0.25, -0.2) is 0 Å². The van der Waals surface area contributed by atoms with Crippen LogP contribution in [0, 0.1) is 0 Å². The molecule has 0 heterocycles. The summed E-state index contributed by atoms with van der Waals surface area (Å²) < 4.78 is 23.5. The normalized spacial score (nSPS) is 13.8. The number of quaternary nitrogens is 1. The molecule has 0 radical (unpaired) electrons. The average Bonchev–Trinajstić information content (AvgIpc) is 3.30. The van der Waals surface area contributed by atoms with Crippen LogP contribution in [-0.2, 0) is 18.4 Å². The number of carbonyl (C=O) groups excluding carboxylic acids is 1. The standard InChI is InChI=1S/C59H121N2O6P/c1-6-8-10-12-14-16-18-20-22-24-26-27-28-29-30-31-32-33-35-36-38-40-42-44-46-48-50-52-58(62)57(56-67-68(64,65)66-55-54-61(3,4)5)60-59(63)53-51-49-47-45-43-41-39-37-34-25-23-21-19-17-15-13-11-9-7-2/h57-58,62H,6-56H2,1-5H3,(H-,60,63,64,65). The van der Waals surface area contributed by atoms with Gasteiger partial charge in [-0.05, 0) is 12.8 Å². The zero-order chi connectivity index (χ0) is 49.9. The Morgan fingerprint density at radius 2 is 0.721 bits per heavy atom. The van der Waals surface area contributed by atoms with Crippen molar-refractivity contribution in [1.82, 2.24) is 5.32 Å². The van der Waals surface area contributed by atoms with Crippen LogP contribution in [0.1, 0.15) is 322 Å². The van der Waals surface area contributed by atoms with Crippen molar-refractivity contribution in [2.24, 2.45) is 0 Å². The van der Waals surface area contributed by atoms with Gasteiger partial charge in [-0.15, -0.1) is 0 Å². The second-order valence-electron chi connectivity index (χ2n) is 22.4. The number of nitrogens with zero attached hydrogens (tertiary/aromatic N) is 1. The molecule has 0 saturated heterocycles. The van der Waals surface area contributed by atoms with E-state index < -0.39 is 20.0 Å². The van der Waals surface area contributed by atoms with E-state index in [1.54, 1.807) is 0 Å². The molecule has 0 rings (SSSR count). The van der Waals surface area contributed by atoms with E-state index in [9.17, 15) is 19.4 Å². The topological polar surface area (TPSA) is 108 Å². The molecule has 0 aromatic carbocycles. The van der Waals surface area contributed by atoms with Crippen molar-refractivity contribution in [2.75, 3.05) is 40.9 Å². The number of nitrogens with one attached hydrogen (secondary N) is 1. The fraction of sp³-hybridized carbons (Fsp3) is 0.983. The smallest absolute Gasteiger partial charge is 0.268 e. The van der Waals surface area contributed by atoms with Crippen LogP contribution >= 0.6 is 7.82 Å². The van der Waals surface area contributed by atoms with Gasteiger partial charge in [0.2, 0.25) is 5.91 Å². The first kappa shape index (κ1) is 67.5. The average molecular weight is 986 g/mol. The summed E-state index contributed by atoms with van der Waals surface area (Å²) in [5.41, 5.74) is 0. The fourth-order valence-corrected chi connectivity index (χ4v) is 10.3. The summed E-state index contributed by atoms with van der Waals surface area (Å²) in [6.07, 6.45) is 61.4. The molecular formula is C59H121N2O6P. The Kier molecular flexibility index (Phi) is 51.0. The zero-order valence-corrected chi connectivity index (χ0v) is 47.5. The third-order valence-electron chi connectivity index (χ3n) is 14.3. The molecule has 2 N–H and O–H groups in total. The minimum absolute atomic E-state index is 0.0167. The van der Waals surface area contributed by atoms with Gasteiger partial charge in [0.1, 0.15) is 13.2 Å². The Bertz CT molecular complexity index is 1070. The Balaban J connectivity index is 4.07. The van der Waals surface area contributed by atoms with E-state index in [2.05, 4.69) is 19.2 Å². The van der Waals surface area contributed by atoms with Gasteiger partial charge in [-0.2, -0.15) is 0 Å². The third-order valence-corrected chi connectivity index (χ3v) is 15.3. The van der Waals surface area contributed by atoms with Gasteiger partial charge >= 0.3 is 0 Å². The first-order valence-electron chi connectivity index (χ1n) is 30.4. The first-order valence-corrected chi connectivity index (χ1v) is 31.8. The molecule has 0 aromatic heterocycles. The van der Waals surface area contributed by atoms with Crippen LogP contribution in [0.15, 0.2) is 0 Å². The lowest BCUT2D eigenvalue weighted by atomic mass is 10.0. The predicted octanol–water partition coefficient (Wildman–Crippen LogP) is 17.8. The fourth-order valence-electron chi connectivity index (χ4n) is 9.57. The Morgan fingerprint density at radius 1 is 0.456 bits per heavy atom. The molecule has 68 heavy (non-hydrogen) atoms. The summed E-state index contributed by atoms with van der Waals surface area (Å²) in [7, 11) is 1.33. The number of hydrogen-bond acceptors (Lipinski definition) is 6. The van der Waals surface area contributed by atoms with Crippen LogP contribution in [-0.4, -0.2) is 68.5 Å². The highest BCUT2D eigenvalue weighted by molar-refractivity contribution is 7.45. The van der Waals surface area contributed by atoms with Crippen molar-refractivity contribution in [3.63, 3.8) is 0 Å². The molecule has 0 aliphatic carbocycles. The van der Waals surface area contributed by atoms with Crippen LogP contribution in [0.25, 0.3) is 0 Å². The number of carbonyl (C=O) groups is 1. The maximum atomic E-state index is 13.0. The molecule has 0 aromatic rings. The Hall–Kier alpha value is -0.500. The van der Waals surface area contributed by atoms with Gasteiger partial charge < -0.3 is 28.8 Å². The van der Waals surface area contributed by atoms with Gasteiger partial charge in [-0.1, -0.05) is 303 Å². The van der Waals surface area contributed by atoms with Crippen LogP contribution in [0.3, 0.4) is 0 Å². The van der Waals surface area contributed by atoms with Crippen LogP contribution in [0.4, 0.5) is 0 Å². The van der Waals surface area contributed by atoms with E-state index in [0.717, 1.165) is 38.5 Å². The van der Waals surface area contributed by atoms with Crippen molar-refractivity contribution >= 4 is 13.7 Å².